The van der Waals surface area contributed by atoms with Gasteiger partial charge in [0.15, 0.2) is 0 Å². The van der Waals surface area contributed by atoms with E-state index in [0.29, 0.717) is 11.5 Å². The minimum absolute atomic E-state index is 0.00417. The lowest BCUT2D eigenvalue weighted by atomic mass is 9.73. The van der Waals surface area contributed by atoms with E-state index in [9.17, 15) is 4.79 Å². The van der Waals surface area contributed by atoms with Crippen LogP contribution in [0.1, 0.15) is 52.9 Å². The van der Waals surface area contributed by atoms with Gasteiger partial charge in [-0.15, -0.1) is 0 Å². The molecule has 1 rings (SSSR count). The molecule has 0 bridgehead atoms. The quantitative estimate of drug-likeness (QED) is 0.556. The molecular weight excluding hydrogens is 228 g/mol. The fourth-order valence-corrected chi connectivity index (χ4v) is 2.84. The second-order valence-electron chi connectivity index (χ2n) is 5.40. The number of hydrogen-bond donors (Lipinski definition) is 0. The van der Waals surface area contributed by atoms with E-state index >= 15 is 0 Å². The van der Waals surface area contributed by atoms with E-state index in [1.807, 2.05) is 0 Å². The molecule has 3 nitrogen and oxygen atoms in total. The number of methoxy groups -OCH3 is 1. The highest BCUT2D eigenvalue weighted by Gasteiger charge is 2.48. The summed E-state index contributed by atoms with van der Waals surface area (Å²) in [6.07, 6.45) is 5.06. The number of carbonyl (C=O) groups excluding carboxylic acids is 1. The summed E-state index contributed by atoms with van der Waals surface area (Å²) in [4.78, 5) is 11.9. The van der Waals surface area contributed by atoms with Crippen LogP contribution in [0.2, 0.25) is 0 Å². The first kappa shape index (κ1) is 15.2. The molecule has 0 saturated heterocycles. The molecule has 1 aliphatic carbocycles. The predicted octanol–water partition coefficient (Wildman–Crippen LogP) is 3.48. The maximum absolute atomic E-state index is 11.9. The van der Waals surface area contributed by atoms with Crippen LogP contribution in [-0.2, 0) is 14.3 Å². The lowest BCUT2D eigenvalue weighted by molar-refractivity contribution is -0.193. The summed E-state index contributed by atoms with van der Waals surface area (Å²) in [5.74, 6) is 0.00491. The fraction of sp³-hybridized carbons (Fsp3) is 0.800. The zero-order valence-electron chi connectivity index (χ0n) is 12.1. The van der Waals surface area contributed by atoms with Crippen LogP contribution in [0.25, 0.3) is 0 Å². The fourth-order valence-electron chi connectivity index (χ4n) is 2.84. The molecule has 18 heavy (non-hydrogen) atoms. The molecule has 104 valence electrons. The number of ether oxygens (including phenoxy) is 2. The smallest absolute Gasteiger partial charge is 0.333 e. The maximum atomic E-state index is 11.9. The molecule has 3 unspecified atom stereocenters. The highest BCUT2D eigenvalue weighted by atomic mass is 16.6. The van der Waals surface area contributed by atoms with Crippen LogP contribution >= 0.6 is 0 Å². The summed E-state index contributed by atoms with van der Waals surface area (Å²) in [6, 6.07) is 0. The normalized spacial score (nSPS) is 29.7. The zero-order chi connectivity index (χ0) is 13.8. The predicted molar refractivity (Wildman–Crippen MR) is 72.4 cm³/mol. The first-order valence-corrected chi connectivity index (χ1v) is 6.89. The van der Waals surface area contributed by atoms with Gasteiger partial charge in [0.05, 0.1) is 6.10 Å². The van der Waals surface area contributed by atoms with Gasteiger partial charge >= 0.3 is 5.97 Å². The largest absolute Gasteiger partial charge is 0.453 e. The lowest BCUT2D eigenvalue weighted by Gasteiger charge is -2.46. The van der Waals surface area contributed by atoms with Crippen molar-refractivity contribution >= 4 is 5.97 Å². The molecule has 0 aromatic carbocycles. The Hall–Kier alpha value is -0.830. The third kappa shape index (κ3) is 2.94. The molecule has 3 atom stereocenters. The summed E-state index contributed by atoms with van der Waals surface area (Å²) < 4.78 is 11.4. The van der Waals surface area contributed by atoms with Crippen LogP contribution in [0.4, 0.5) is 0 Å². The molecule has 0 aromatic rings. The Morgan fingerprint density at radius 2 is 2.17 bits per heavy atom. The Kier molecular flexibility index (Phi) is 5.39. The SMILES string of the molecule is C=C(C)C(=O)OC1(C(C)CC)CCCCC1OC. The molecule has 0 heterocycles. The average Bonchev–Trinajstić information content (AvgIpc) is 2.37. The van der Waals surface area contributed by atoms with E-state index in [1.165, 1.54) is 0 Å². The highest BCUT2D eigenvalue weighted by molar-refractivity contribution is 5.87. The van der Waals surface area contributed by atoms with Crippen molar-refractivity contribution in [1.82, 2.24) is 0 Å². The van der Waals surface area contributed by atoms with Crippen LogP contribution in [0.5, 0.6) is 0 Å². The third-order valence-electron chi connectivity index (χ3n) is 4.19. The summed E-state index contributed by atoms with van der Waals surface area (Å²) in [5, 5.41) is 0. The standard InChI is InChI=1S/C15H26O3/c1-6-12(4)15(18-14(16)11(2)3)10-8-7-9-13(15)17-5/h12-13H,2,6-10H2,1,3-5H3. The summed E-state index contributed by atoms with van der Waals surface area (Å²) in [6.45, 7) is 9.63. The molecule has 0 aromatic heterocycles. The summed E-state index contributed by atoms with van der Waals surface area (Å²) >= 11 is 0. The molecule has 0 N–H and O–H groups in total. The van der Waals surface area contributed by atoms with Gasteiger partial charge in [0, 0.05) is 12.7 Å². The summed E-state index contributed by atoms with van der Waals surface area (Å²) in [5.41, 5.74) is -0.0178. The number of carbonyl (C=O) groups is 1. The van der Waals surface area contributed by atoms with Crippen molar-refractivity contribution in [1.29, 1.82) is 0 Å². The van der Waals surface area contributed by atoms with E-state index < -0.39 is 5.60 Å². The average molecular weight is 254 g/mol. The van der Waals surface area contributed by atoms with Gasteiger partial charge in [-0.05, 0) is 38.5 Å². The van der Waals surface area contributed by atoms with Gasteiger partial charge in [-0.25, -0.2) is 4.79 Å². The molecule has 1 fully saturated rings. The van der Waals surface area contributed by atoms with Gasteiger partial charge in [0.25, 0.3) is 0 Å². The minimum Gasteiger partial charge on any atom is -0.453 e. The molecule has 1 aliphatic rings. The van der Waals surface area contributed by atoms with Crippen molar-refractivity contribution in [3.05, 3.63) is 12.2 Å². The second kappa shape index (κ2) is 6.37. The molecule has 0 radical (unpaired) electrons. The van der Waals surface area contributed by atoms with Crippen molar-refractivity contribution < 1.29 is 14.3 Å². The Morgan fingerprint density at radius 3 is 2.67 bits per heavy atom. The first-order valence-electron chi connectivity index (χ1n) is 6.89. The van der Waals surface area contributed by atoms with Crippen molar-refractivity contribution in [3.8, 4) is 0 Å². The Balaban J connectivity index is 2.99. The third-order valence-corrected chi connectivity index (χ3v) is 4.19. The minimum atomic E-state index is -0.474. The summed E-state index contributed by atoms with van der Waals surface area (Å²) in [7, 11) is 1.71. The number of hydrogen-bond acceptors (Lipinski definition) is 3. The zero-order valence-corrected chi connectivity index (χ0v) is 12.1. The van der Waals surface area contributed by atoms with E-state index in [0.717, 1.165) is 32.1 Å². The van der Waals surface area contributed by atoms with Crippen LogP contribution in [0, 0.1) is 5.92 Å². The first-order chi connectivity index (χ1) is 8.47. The Morgan fingerprint density at radius 1 is 1.50 bits per heavy atom. The molecular formula is C15H26O3. The van der Waals surface area contributed by atoms with Gasteiger partial charge in [-0.1, -0.05) is 26.8 Å². The van der Waals surface area contributed by atoms with Gasteiger partial charge in [-0.3, -0.25) is 0 Å². The second-order valence-corrected chi connectivity index (χ2v) is 5.40. The highest BCUT2D eigenvalue weighted by Crippen LogP contribution is 2.41. The van der Waals surface area contributed by atoms with Crippen molar-refractivity contribution in [2.75, 3.05) is 7.11 Å². The van der Waals surface area contributed by atoms with Crippen molar-refractivity contribution in [2.45, 2.75) is 64.6 Å². The Labute approximate surface area is 111 Å². The van der Waals surface area contributed by atoms with E-state index in [2.05, 4.69) is 20.4 Å². The van der Waals surface area contributed by atoms with Gasteiger partial charge in [-0.2, -0.15) is 0 Å². The van der Waals surface area contributed by atoms with Gasteiger partial charge in [0.1, 0.15) is 5.60 Å². The van der Waals surface area contributed by atoms with Crippen LogP contribution in [0.15, 0.2) is 12.2 Å². The molecule has 0 amide bonds. The Bertz CT molecular complexity index is 311. The molecule has 0 aliphatic heterocycles. The monoisotopic (exact) mass is 254 g/mol. The number of esters is 1. The van der Waals surface area contributed by atoms with E-state index in [4.69, 9.17) is 9.47 Å². The maximum Gasteiger partial charge on any atom is 0.333 e. The van der Waals surface area contributed by atoms with Gasteiger partial charge < -0.3 is 9.47 Å². The lowest BCUT2D eigenvalue weighted by Crippen LogP contribution is -2.54. The van der Waals surface area contributed by atoms with Crippen LogP contribution < -0.4 is 0 Å². The molecule has 1 saturated carbocycles. The van der Waals surface area contributed by atoms with Crippen LogP contribution in [-0.4, -0.2) is 24.8 Å². The van der Waals surface area contributed by atoms with Crippen molar-refractivity contribution in [2.24, 2.45) is 5.92 Å². The van der Waals surface area contributed by atoms with Crippen LogP contribution in [0.3, 0.4) is 0 Å². The molecule has 3 heteroatoms. The van der Waals surface area contributed by atoms with Crippen molar-refractivity contribution in [3.63, 3.8) is 0 Å². The van der Waals surface area contributed by atoms with E-state index in [-0.39, 0.29) is 12.1 Å². The van der Waals surface area contributed by atoms with E-state index in [1.54, 1.807) is 14.0 Å². The van der Waals surface area contributed by atoms with Gasteiger partial charge in [0.2, 0.25) is 0 Å². The molecule has 0 spiro atoms. The topological polar surface area (TPSA) is 35.5 Å². The number of rotatable bonds is 5.